The number of ketones is 1. The summed E-state index contributed by atoms with van der Waals surface area (Å²) in [4.78, 5) is 26.9. The third kappa shape index (κ3) is 4.70. The van der Waals surface area contributed by atoms with Crippen molar-refractivity contribution in [3.05, 3.63) is 46.1 Å². The lowest BCUT2D eigenvalue weighted by atomic mass is 10.1. The van der Waals surface area contributed by atoms with Crippen molar-refractivity contribution in [1.29, 1.82) is 0 Å². The number of nitrogens with two attached hydrogens (primary N) is 1. The minimum atomic E-state index is -0.673. The Morgan fingerprint density at radius 3 is 2.68 bits per heavy atom. The molecule has 0 saturated carbocycles. The molecule has 1 aliphatic rings. The molecule has 1 saturated heterocycles. The van der Waals surface area contributed by atoms with Gasteiger partial charge in [0.2, 0.25) is 5.78 Å². The highest BCUT2D eigenvalue weighted by Crippen LogP contribution is 2.19. The van der Waals surface area contributed by atoms with Gasteiger partial charge in [-0.25, -0.2) is 9.48 Å². The fraction of sp³-hybridized carbons (Fsp3) is 0.421. The lowest BCUT2D eigenvalue weighted by molar-refractivity contribution is 0.0360. The number of aryl methyl sites for hydroxylation is 1. The number of morpholine rings is 1. The number of nitrogen functional groups attached to an aromatic ring is 1. The predicted molar refractivity (Wildman–Crippen MR) is 105 cm³/mol. The first kappa shape index (κ1) is 20.3. The number of benzene rings is 1. The second-order valence-corrected chi connectivity index (χ2v) is 6.91. The summed E-state index contributed by atoms with van der Waals surface area (Å²) < 4.78 is 12.1. The standard InChI is InChI=1S/C19H23ClN4O4/c1-13-17(18(21)24(22-13)7-6-23-8-10-27-11-9-23)19(26)28-12-16(25)14-4-2-3-5-15(14)20/h2-5H,6-12,21H2,1H3. The third-order valence-corrected chi connectivity index (χ3v) is 4.94. The largest absolute Gasteiger partial charge is 0.454 e. The monoisotopic (exact) mass is 406 g/mol. The van der Waals surface area contributed by atoms with Gasteiger partial charge in [0, 0.05) is 25.2 Å². The summed E-state index contributed by atoms with van der Waals surface area (Å²) >= 11 is 6.00. The van der Waals surface area contributed by atoms with Gasteiger partial charge in [0.25, 0.3) is 0 Å². The molecule has 9 heteroatoms. The van der Waals surface area contributed by atoms with Crippen LogP contribution >= 0.6 is 11.6 Å². The van der Waals surface area contributed by atoms with Gasteiger partial charge in [0.15, 0.2) is 6.61 Å². The average Bonchev–Trinajstić information content (AvgIpc) is 2.98. The fourth-order valence-electron chi connectivity index (χ4n) is 3.05. The van der Waals surface area contributed by atoms with E-state index >= 15 is 0 Å². The van der Waals surface area contributed by atoms with Crippen molar-refractivity contribution in [3.63, 3.8) is 0 Å². The number of anilines is 1. The first-order valence-electron chi connectivity index (χ1n) is 9.05. The van der Waals surface area contributed by atoms with E-state index in [0.29, 0.717) is 36.0 Å². The second-order valence-electron chi connectivity index (χ2n) is 6.50. The van der Waals surface area contributed by atoms with E-state index in [1.807, 2.05) is 0 Å². The summed E-state index contributed by atoms with van der Waals surface area (Å²) in [6.07, 6.45) is 0. The van der Waals surface area contributed by atoms with Crippen LogP contribution < -0.4 is 5.73 Å². The van der Waals surface area contributed by atoms with Gasteiger partial charge in [-0.05, 0) is 19.1 Å². The van der Waals surface area contributed by atoms with Crippen LogP contribution in [0.2, 0.25) is 5.02 Å². The van der Waals surface area contributed by atoms with Gasteiger partial charge in [-0.3, -0.25) is 9.69 Å². The molecule has 0 atom stereocenters. The fourth-order valence-corrected chi connectivity index (χ4v) is 3.29. The second kappa shape index (κ2) is 9.18. The molecule has 3 rings (SSSR count). The Labute approximate surface area is 168 Å². The highest BCUT2D eigenvalue weighted by atomic mass is 35.5. The van der Waals surface area contributed by atoms with E-state index < -0.39 is 12.6 Å². The van der Waals surface area contributed by atoms with Gasteiger partial charge in [0.05, 0.1) is 30.5 Å². The zero-order chi connectivity index (χ0) is 20.1. The molecule has 28 heavy (non-hydrogen) atoms. The number of nitrogens with zero attached hydrogens (tertiary/aromatic N) is 3. The number of ether oxygens (including phenoxy) is 2. The summed E-state index contributed by atoms with van der Waals surface area (Å²) in [5, 5.41) is 4.66. The quantitative estimate of drug-likeness (QED) is 0.552. The van der Waals surface area contributed by atoms with Crippen molar-refractivity contribution >= 4 is 29.2 Å². The zero-order valence-electron chi connectivity index (χ0n) is 15.7. The summed E-state index contributed by atoms with van der Waals surface area (Å²) in [6.45, 7) is 5.73. The Morgan fingerprint density at radius 2 is 1.96 bits per heavy atom. The maximum atomic E-state index is 12.5. The Kier molecular flexibility index (Phi) is 6.66. The Balaban J connectivity index is 1.61. The molecule has 1 aromatic carbocycles. The predicted octanol–water partition coefficient (Wildman–Crippen LogP) is 1.80. The van der Waals surface area contributed by atoms with Crippen LogP contribution in [0.25, 0.3) is 0 Å². The van der Waals surface area contributed by atoms with Crippen molar-refractivity contribution < 1.29 is 19.1 Å². The molecule has 1 aliphatic heterocycles. The molecule has 2 heterocycles. The molecule has 8 nitrogen and oxygen atoms in total. The molecule has 0 bridgehead atoms. The first-order chi connectivity index (χ1) is 13.5. The molecule has 0 aliphatic carbocycles. The Hall–Kier alpha value is -2.42. The summed E-state index contributed by atoms with van der Waals surface area (Å²) in [5.74, 6) is -0.816. The van der Waals surface area contributed by atoms with E-state index in [1.165, 1.54) is 0 Å². The molecule has 0 amide bonds. The average molecular weight is 407 g/mol. The summed E-state index contributed by atoms with van der Waals surface area (Å²) in [5.41, 5.74) is 7.08. The van der Waals surface area contributed by atoms with Crippen LogP contribution in [0.4, 0.5) is 5.82 Å². The van der Waals surface area contributed by atoms with E-state index in [0.717, 1.165) is 19.6 Å². The van der Waals surface area contributed by atoms with Crippen LogP contribution in [-0.4, -0.2) is 65.9 Å². The van der Waals surface area contributed by atoms with Crippen LogP contribution in [0.5, 0.6) is 0 Å². The number of rotatable bonds is 7. The van der Waals surface area contributed by atoms with E-state index in [4.69, 9.17) is 26.8 Å². The van der Waals surface area contributed by atoms with Crippen LogP contribution in [0.1, 0.15) is 26.4 Å². The van der Waals surface area contributed by atoms with Crippen LogP contribution in [-0.2, 0) is 16.0 Å². The van der Waals surface area contributed by atoms with Crippen LogP contribution in [0.15, 0.2) is 24.3 Å². The molecular weight excluding hydrogens is 384 g/mol. The first-order valence-corrected chi connectivity index (χ1v) is 9.43. The van der Waals surface area contributed by atoms with Crippen LogP contribution in [0, 0.1) is 6.92 Å². The van der Waals surface area contributed by atoms with E-state index in [9.17, 15) is 9.59 Å². The maximum absolute atomic E-state index is 12.5. The topological polar surface area (TPSA) is 99.7 Å². The van der Waals surface area contributed by atoms with Crippen molar-refractivity contribution in [2.45, 2.75) is 13.5 Å². The minimum Gasteiger partial charge on any atom is -0.454 e. The lowest BCUT2D eigenvalue weighted by Gasteiger charge is -2.26. The Morgan fingerprint density at radius 1 is 1.25 bits per heavy atom. The third-order valence-electron chi connectivity index (χ3n) is 4.61. The SMILES string of the molecule is Cc1nn(CCN2CCOCC2)c(N)c1C(=O)OCC(=O)c1ccccc1Cl. The highest BCUT2D eigenvalue weighted by Gasteiger charge is 2.23. The van der Waals surface area contributed by atoms with Crippen LogP contribution in [0.3, 0.4) is 0 Å². The molecule has 2 N–H and O–H groups in total. The number of carbonyl (C=O) groups is 2. The molecule has 2 aromatic rings. The molecule has 0 radical (unpaired) electrons. The molecule has 0 unspecified atom stereocenters. The zero-order valence-corrected chi connectivity index (χ0v) is 16.4. The number of carbonyl (C=O) groups excluding carboxylic acids is 2. The van der Waals surface area contributed by atoms with Gasteiger partial charge >= 0.3 is 5.97 Å². The number of esters is 1. The van der Waals surface area contributed by atoms with Gasteiger partial charge in [-0.15, -0.1) is 0 Å². The van der Waals surface area contributed by atoms with Gasteiger partial charge < -0.3 is 15.2 Å². The van der Waals surface area contributed by atoms with Crippen molar-refractivity contribution in [1.82, 2.24) is 14.7 Å². The molecule has 150 valence electrons. The Bertz CT molecular complexity index is 862. The van der Waals surface area contributed by atoms with Crippen molar-refractivity contribution in [2.75, 3.05) is 45.2 Å². The van der Waals surface area contributed by atoms with E-state index in [2.05, 4.69) is 10.00 Å². The van der Waals surface area contributed by atoms with E-state index in [1.54, 1.807) is 35.9 Å². The minimum absolute atomic E-state index is 0.189. The number of Topliss-reactive ketones (excluding diaryl/α,β-unsaturated/α-hetero) is 1. The molecule has 0 spiro atoms. The number of aromatic nitrogens is 2. The molecule has 1 fully saturated rings. The van der Waals surface area contributed by atoms with Crippen molar-refractivity contribution in [3.8, 4) is 0 Å². The maximum Gasteiger partial charge on any atom is 0.344 e. The van der Waals surface area contributed by atoms with Gasteiger partial charge in [-0.2, -0.15) is 5.10 Å². The number of hydrogen-bond acceptors (Lipinski definition) is 7. The molecular formula is C19H23ClN4O4. The van der Waals surface area contributed by atoms with E-state index in [-0.39, 0.29) is 17.2 Å². The number of halogens is 1. The summed E-state index contributed by atoms with van der Waals surface area (Å²) in [7, 11) is 0. The molecule has 1 aromatic heterocycles. The van der Waals surface area contributed by atoms with Gasteiger partial charge in [-0.1, -0.05) is 23.7 Å². The summed E-state index contributed by atoms with van der Waals surface area (Å²) in [6, 6.07) is 6.61. The number of hydrogen-bond donors (Lipinski definition) is 1. The normalized spacial score (nSPS) is 14.8. The van der Waals surface area contributed by atoms with Gasteiger partial charge in [0.1, 0.15) is 11.4 Å². The smallest absolute Gasteiger partial charge is 0.344 e. The van der Waals surface area contributed by atoms with Crippen molar-refractivity contribution in [2.24, 2.45) is 0 Å². The lowest BCUT2D eigenvalue weighted by Crippen LogP contribution is -2.38. The highest BCUT2D eigenvalue weighted by molar-refractivity contribution is 6.34.